The van der Waals surface area contributed by atoms with Crippen LogP contribution in [0.5, 0.6) is 0 Å². The van der Waals surface area contributed by atoms with Gasteiger partial charge in [-0.05, 0) is 77.0 Å². The van der Waals surface area contributed by atoms with E-state index in [9.17, 15) is 19.0 Å². The van der Waals surface area contributed by atoms with E-state index in [1.165, 1.54) is 83.5 Å². The molecule has 0 aliphatic heterocycles. The standard InChI is InChI=1S/C46H84NO8P/c1-6-8-10-12-14-16-18-20-22-23-25-26-28-30-32-34-36-38-45(48)52-42-44(43-54-56(50,51)53-41-40-47(3,4)5)55-46(49)39-37-35-33-31-29-27-24-21-19-17-15-13-11-9-7-2/h15,17,20-22,24,29,31,44H,6-14,16,18-19,23,25-28,30,32-43H2,1-5H3/b17-15-,22-20-,24-21-,31-29-/t44-/m1/s1. The Bertz CT molecular complexity index is 1100. The van der Waals surface area contributed by atoms with Crippen molar-refractivity contribution >= 4 is 19.8 Å². The van der Waals surface area contributed by atoms with E-state index < -0.39 is 32.5 Å². The summed E-state index contributed by atoms with van der Waals surface area (Å²) in [6.07, 6.45) is 44.2. The van der Waals surface area contributed by atoms with Crippen LogP contribution in [0.25, 0.3) is 0 Å². The second kappa shape index (κ2) is 38.5. The average Bonchev–Trinajstić information content (AvgIpc) is 3.15. The van der Waals surface area contributed by atoms with Gasteiger partial charge in [0.1, 0.15) is 19.8 Å². The molecule has 0 aliphatic rings. The minimum absolute atomic E-state index is 0.0400. The van der Waals surface area contributed by atoms with Crippen LogP contribution >= 0.6 is 7.82 Å². The van der Waals surface area contributed by atoms with Crippen molar-refractivity contribution in [3.05, 3.63) is 48.6 Å². The summed E-state index contributed by atoms with van der Waals surface area (Å²) in [7, 11) is 1.13. The Morgan fingerprint density at radius 1 is 0.554 bits per heavy atom. The number of hydrogen-bond donors (Lipinski definition) is 0. The van der Waals surface area contributed by atoms with Gasteiger partial charge in [0.2, 0.25) is 0 Å². The Labute approximate surface area is 343 Å². The third-order valence-electron chi connectivity index (χ3n) is 9.32. The van der Waals surface area contributed by atoms with Crippen LogP contribution in [0, 0.1) is 0 Å². The number of allylic oxidation sites excluding steroid dienone is 8. The summed E-state index contributed by atoms with van der Waals surface area (Å²) in [5.41, 5.74) is 0. The SMILES string of the molecule is CCCCC/C=C\C/C=C\C/C=C\CCCCC(=O)O[C@H](COC(=O)CCCCCCCCC/C=C\CCCCCCCC)COP(=O)([O-])OCC[N+](C)(C)C. The highest BCUT2D eigenvalue weighted by molar-refractivity contribution is 7.45. The highest BCUT2D eigenvalue weighted by Gasteiger charge is 2.21. The maximum absolute atomic E-state index is 12.7. The summed E-state index contributed by atoms with van der Waals surface area (Å²) in [5, 5.41) is 0. The predicted octanol–water partition coefficient (Wildman–Crippen LogP) is 12.1. The first-order valence-electron chi connectivity index (χ1n) is 22.3. The summed E-state index contributed by atoms with van der Waals surface area (Å²) in [4.78, 5) is 37.5. The Hall–Kier alpha value is -2.03. The number of likely N-dealkylation sites (N-methyl/N-ethyl adjacent to an activating group) is 1. The lowest BCUT2D eigenvalue weighted by Crippen LogP contribution is -2.37. The number of hydrogen-bond acceptors (Lipinski definition) is 8. The van der Waals surface area contributed by atoms with Crippen molar-refractivity contribution in [2.24, 2.45) is 0 Å². The summed E-state index contributed by atoms with van der Waals surface area (Å²) in [5.74, 6) is -0.885. The second-order valence-electron chi connectivity index (χ2n) is 16.1. The first-order valence-corrected chi connectivity index (χ1v) is 23.8. The number of rotatable bonds is 40. The largest absolute Gasteiger partial charge is 0.756 e. The highest BCUT2D eigenvalue weighted by atomic mass is 31.2. The molecule has 0 aliphatic carbocycles. The number of phosphoric ester groups is 1. The highest BCUT2D eigenvalue weighted by Crippen LogP contribution is 2.38. The van der Waals surface area contributed by atoms with E-state index in [4.69, 9.17) is 18.5 Å². The van der Waals surface area contributed by atoms with Gasteiger partial charge in [0.25, 0.3) is 7.82 Å². The zero-order chi connectivity index (χ0) is 41.4. The fourth-order valence-electron chi connectivity index (χ4n) is 5.77. The normalized spacial score (nSPS) is 14.0. The van der Waals surface area contributed by atoms with Gasteiger partial charge < -0.3 is 27.9 Å². The fraction of sp³-hybridized carbons (Fsp3) is 0.783. The van der Waals surface area contributed by atoms with Crippen molar-refractivity contribution in [1.82, 2.24) is 0 Å². The molecule has 0 bridgehead atoms. The van der Waals surface area contributed by atoms with Crippen molar-refractivity contribution in [1.29, 1.82) is 0 Å². The van der Waals surface area contributed by atoms with Gasteiger partial charge >= 0.3 is 11.9 Å². The van der Waals surface area contributed by atoms with E-state index in [0.29, 0.717) is 17.4 Å². The molecule has 0 aromatic carbocycles. The Morgan fingerprint density at radius 2 is 0.964 bits per heavy atom. The zero-order valence-electron chi connectivity index (χ0n) is 36.6. The molecule has 1 unspecified atom stereocenters. The molecule has 2 atom stereocenters. The fourth-order valence-corrected chi connectivity index (χ4v) is 6.50. The lowest BCUT2D eigenvalue weighted by atomic mass is 10.1. The molecule has 326 valence electrons. The third-order valence-corrected chi connectivity index (χ3v) is 10.3. The van der Waals surface area contributed by atoms with Gasteiger partial charge in [-0.3, -0.25) is 14.2 Å². The van der Waals surface area contributed by atoms with Crippen LogP contribution in [0.3, 0.4) is 0 Å². The molecular formula is C46H84NO8P. The Balaban J connectivity index is 4.41. The summed E-state index contributed by atoms with van der Waals surface area (Å²) in [6, 6.07) is 0. The molecule has 0 rings (SSSR count). The quantitative estimate of drug-likeness (QED) is 0.0198. The van der Waals surface area contributed by atoms with Crippen molar-refractivity contribution in [2.75, 3.05) is 47.5 Å². The molecule has 0 amide bonds. The molecule has 0 aromatic rings. The van der Waals surface area contributed by atoms with E-state index in [-0.39, 0.29) is 26.1 Å². The summed E-state index contributed by atoms with van der Waals surface area (Å²) >= 11 is 0. The molecule has 0 saturated heterocycles. The maximum Gasteiger partial charge on any atom is 0.306 e. The molecule has 56 heavy (non-hydrogen) atoms. The topological polar surface area (TPSA) is 111 Å². The van der Waals surface area contributed by atoms with E-state index in [2.05, 4.69) is 62.5 Å². The van der Waals surface area contributed by atoms with Gasteiger partial charge in [0, 0.05) is 12.8 Å². The monoisotopic (exact) mass is 810 g/mol. The Morgan fingerprint density at radius 3 is 1.52 bits per heavy atom. The number of esters is 2. The Kier molecular flexibility index (Phi) is 37.1. The van der Waals surface area contributed by atoms with Crippen LogP contribution in [0.2, 0.25) is 0 Å². The molecule has 10 heteroatoms. The van der Waals surface area contributed by atoms with Gasteiger partial charge in [-0.15, -0.1) is 0 Å². The van der Waals surface area contributed by atoms with Gasteiger partial charge in [0.15, 0.2) is 6.10 Å². The second-order valence-corrected chi connectivity index (χ2v) is 17.5. The van der Waals surface area contributed by atoms with Gasteiger partial charge in [-0.25, -0.2) is 0 Å². The van der Waals surface area contributed by atoms with Crippen LogP contribution in [0.4, 0.5) is 0 Å². The summed E-state index contributed by atoms with van der Waals surface area (Å²) < 4.78 is 33.8. The summed E-state index contributed by atoms with van der Waals surface area (Å²) in [6.45, 7) is 4.14. The molecule has 0 saturated carbocycles. The van der Waals surface area contributed by atoms with Crippen LogP contribution in [0.1, 0.15) is 181 Å². The number of ether oxygens (including phenoxy) is 2. The lowest BCUT2D eigenvalue weighted by molar-refractivity contribution is -0.870. The first kappa shape index (κ1) is 54.0. The number of nitrogens with zero attached hydrogens (tertiary/aromatic N) is 1. The van der Waals surface area contributed by atoms with Gasteiger partial charge in [-0.1, -0.05) is 140 Å². The van der Waals surface area contributed by atoms with Crippen LogP contribution < -0.4 is 4.89 Å². The molecule has 0 N–H and O–H groups in total. The van der Waals surface area contributed by atoms with Crippen molar-refractivity contribution < 1.29 is 42.1 Å². The molecule has 0 heterocycles. The lowest BCUT2D eigenvalue weighted by Gasteiger charge is -2.28. The van der Waals surface area contributed by atoms with Gasteiger partial charge in [-0.2, -0.15) is 0 Å². The number of phosphoric acid groups is 1. The zero-order valence-corrected chi connectivity index (χ0v) is 37.5. The smallest absolute Gasteiger partial charge is 0.306 e. The number of carbonyl (C=O) groups excluding carboxylic acids is 2. The molecule has 0 aromatic heterocycles. The van der Waals surface area contributed by atoms with Crippen molar-refractivity contribution in [3.63, 3.8) is 0 Å². The van der Waals surface area contributed by atoms with Crippen LogP contribution in [-0.4, -0.2) is 70.0 Å². The van der Waals surface area contributed by atoms with Crippen LogP contribution in [-0.2, 0) is 32.7 Å². The van der Waals surface area contributed by atoms with Gasteiger partial charge in [0.05, 0.1) is 27.7 Å². The third kappa shape index (κ3) is 41.6. The molecule has 9 nitrogen and oxygen atoms in total. The molecular weight excluding hydrogens is 725 g/mol. The van der Waals surface area contributed by atoms with Crippen molar-refractivity contribution in [2.45, 2.75) is 187 Å². The minimum atomic E-state index is -4.64. The maximum atomic E-state index is 12.7. The van der Waals surface area contributed by atoms with Crippen LogP contribution in [0.15, 0.2) is 48.6 Å². The molecule has 0 spiro atoms. The molecule has 0 radical (unpaired) electrons. The minimum Gasteiger partial charge on any atom is -0.756 e. The molecule has 0 fully saturated rings. The first-order chi connectivity index (χ1) is 27.0. The van der Waals surface area contributed by atoms with E-state index in [1.807, 2.05) is 21.1 Å². The van der Waals surface area contributed by atoms with E-state index in [0.717, 1.165) is 64.2 Å². The number of unbranched alkanes of at least 4 members (excludes halogenated alkanes) is 18. The number of carbonyl (C=O) groups is 2. The predicted molar refractivity (Wildman–Crippen MR) is 231 cm³/mol. The van der Waals surface area contributed by atoms with E-state index in [1.54, 1.807) is 0 Å². The average molecular weight is 810 g/mol. The number of quaternary nitrogens is 1. The van der Waals surface area contributed by atoms with Crippen molar-refractivity contribution in [3.8, 4) is 0 Å². The van der Waals surface area contributed by atoms with E-state index >= 15 is 0 Å².